The Morgan fingerprint density at radius 1 is 0.806 bits per heavy atom. The normalized spacial score (nSPS) is 34.2. The van der Waals surface area contributed by atoms with Crippen molar-refractivity contribution < 1.29 is 33.2 Å². The molecule has 2 saturated heterocycles. The van der Waals surface area contributed by atoms with Crippen LogP contribution in [-0.2, 0) is 46.4 Å². The first-order valence-electron chi connectivity index (χ1n) is 12.4. The van der Waals surface area contributed by atoms with E-state index in [9.17, 15) is 0 Å². The minimum atomic E-state index is -1.17. The molecule has 36 heavy (non-hydrogen) atoms. The lowest BCUT2D eigenvalue weighted by Gasteiger charge is -2.57. The van der Waals surface area contributed by atoms with Crippen LogP contribution in [0.4, 0.5) is 0 Å². The smallest absolute Gasteiger partial charge is 0.220 e. The Hall–Kier alpha value is -2.10. The van der Waals surface area contributed by atoms with Gasteiger partial charge in [-0.3, -0.25) is 0 Å². The van der Waals surface area contributed by atoms with Crippen molar-refractivity contribution in [3.63, 3.8) is 0 Å². The minimum Gasteiger partial charge on any atom is -0.374 e. The monoisotopic (exact) mass is 498 g/mol. The van der Waals surface area contributed by atoms with Gasteiger partial charge in [-0.05, 0) is 31.4 Å². The molecule has 0 bridgehead atoms. The van der Waals surface area contributed by atoms with Crippen LogP contribution < -0.4 is 0 Å². The second kappa shape index (κ2) is 12.0. The SMILES string of the molecule is C=CC[C@@H]1O[C@H](COCc2ccccc2)[C@H]2O[C@](C)(OC)[C@@](C)(OC)O[C@@H]2[C@H]1OCc1ccccc1. The fourth-order valence-electron chi connectivity index (χ4n) is 4.79. The summed E-state index contributed by atoms with van der Waals surface area (Å²) < 4.78 is 43.9. The molecule has 0 aliphatic carbocycles. The Kier molecular flexibility index (Phi) is 8.96. The van der Waals surface area contributed by atoms with E-state index in [1.165, 1.54) is 0 Å². The topological polar surface area (TPSA) is 64.6 Å². The van der Waals surface area contributed by atoms with Crippen LogP contribution >= 0.6 is 0 Å². The van der Waals surface area contributed by atoms with E-state index in [0.717, 1.165) is 11.1 Å². The van der Waals surface area contributed by atoms with E-state index in [1.54, 1.807) is 14.2 Å². The molecule has 2 aromatic carbocycles. The van der Waals surface area contributed by atoms with Crippen molar-refractivity contribution in [3.8, 4) is 0 Å². The van der Waals surface area contributed by atoms with E-state index in [-0.39, 0.29) is 6.10 Å². The molecule has 0 spiro atoms. The first-order valence-corrected chi connectivity index (χ1v) is 12.4. The summed E-state index contributed by atoms with van der Waals surface area (Å²) in [6.45, 7) is 8.77. The second-order valence-corrected chi connectivity index (χ2v) is 9.46. The van der Waals surface area contributed by atoms with Crippen LogP contribution in [0.25, 0.3) is 0 Å². The number of benzene rings is 2. The van der Waals surface area contributed by atoms with E-state index in [4.69, 9.17) is 33.2 Å². The molecule has 7 nitrogen and oxygen atoms in total. The summed E-state index contributed by atoms with van der Waals surface area (Å²) in [5.41, 5.74) is 2.15. The molecule has 0 radical (unpaired) electrons. The van der Waals surface area contributed by atoms with E-state index in [1.807, 2.05) is 80.6 Å². The third-order valence-corrected chi connectivity index (χ3v) is 7.13. The van der Waals surface area contributed by atoms with Crippen molar-refractivity contribution in [2.45, 2.75) is 75.6 Å². The molecule has 0 unspecified atom stereocenters. The molecule has 196 valence electrons. The summed E-state index contributed by atoms with van der Waals surface area (Å²) in [5, 5.41) is 0. The number of methoxy groups -OCH3 is 2. The molecule has 0 amide bonds. The molecule has 2 aromatic rings. The summed E-state index contributed by atoms with van der Waals surface area (Å²) in [4.78, 5) is 0. The van der Waals surface area contributed by atoms with E-state index in [0.29, 0.717) is 26.2 Å². The van der Waals surface area contributed by atoms with Crippen molar-refractivity contribution >= 4 is 0 Å². The summed E-state index contributed by atoms with van der Waals surface area (Å²) in [6, 6.07) is 20.1. The minimum absolute atomic E-state index is 0.297. The summed E-state index contributed by atoms with van der Waals surface area (Å²) >= 11 is 0. The summed E-state index contributed by atoms with van der Waals surface area (Å²) in [6.07, 6.45) is 0.318. The van der Waals surface area contributed by atoms with Gasteiger partial charge in [0.15, 0.2) is 0 Å². The molecular formula is C29H38O7. The zero-order valence-electron chi connectivity index (χ0n) is 21.6. The van der Waals surface area contributed by atoms with E-state index in [2.05, 4.69) is 6.58 Å². The first-order chi connectivity index (χ1) is 17.4. The Balaban J connectivity index is 1.58. The number of fused-ring (bicyclic) bond motifs is 1. The largest absolute Gasteiger partial charge is 0.374 e. The predicted octanol–water partition coefficient (Wildman–Crippen LogP) is 4.64. The third kappa shape index (κ3) is 5.73. The van der Waals surface area contributed by atoms with Crippen LogP contribution in [0.2, 0.25) is 0 Å². The highest BCUT2D eigenvalue weighted by Gasteiger charge is 2.62. The molecule has 7 atom stereocenters. The lowest BCUT2D eigenvalue weighted by molar-refractivity contribution is -0.474. The molecule has 2 fully saturated rings. The van der Waals surface area contributed by atoms with Crippen LogP contribution in [0.15, 0.2) is 73.3 Å². The van der Waals surface area contributed by atoms with Crippen LogP contribution in [0, 0.1) is 0 Å². The Labute approximate surface area is 214 Å². The van der Waals surface area contributed by atoms with E-state index < -0.39 is 36.0 Å². The molecule has 2 aliphatic heterocycles. The Bertz CT molecular complexity index is 955. The highest BCUT2D eigenvalue weighted by atomic mass is 16.8. The number of ether oxygens (including phenoxy) is 7. The molecule has 0 saturated carbocycles. The Morgan fingerprint density at radius 2 is 1.36 bits per heavy atom. The lowest BCUT2D eigenvalue weighted by Crippen LogP contribution is -2.73. The number of hydrogen-bond acceptors (Lipinski definition) is 7. The van der Waals surface area contributed by atoms with Gasteiger partial charge in [0, 0.05) is 14.2 Å². The van der Waals surface area contributed by atoms with Crippen molar-refractivity contribution in [1.82, 2.24) is 0 Å². The molecular weight excluding hydrogens is 460 g/mol. The molecule has 7 heteroatoms. The maximum Gasteiger partial charge on any atom is 0.220 e. The zero-order valence-corrected chi connectivity index (χ0v) is 21.6. The Morgan fingerprint density at radius 3 is 1.92 bits per heavy atom. The third-order valence-electron chi connectivity index (χ3n) is 7.13. The van der Waals surface area contributed by atoms with Crippen LogP contribution in [0.1, 0.15) is 31.4 Å². The zero-order chi connectivity index (χ0) is 25.6. The summed E-state index contributed by atoms with van der Waals surface area (Å²) in [7, 11) is 3.16. The van der Waals surface area contributed by atoms with Gasteiger partial charge < -0.3 is 33.2 Å². The fraction of sp³-hybridized carbons (Fsp3) is 0.517. The van der Waals surface area contributed by atoms with Gasteiger partial charge in [-0.15, -0.1) is 6.58 Å². The fourth-order valence-corrected chi connectivity index (χ4v) is 4.79. The first kappa shape index (κ1) is 26.9. The van der Waals surface area contributed by atoms with Gasteiger partial charge in [0.2, 0.25) is 11.6 Å². The lowest BCUT2D eigenvalue weighted by atomic mass is 9.90. The van der Waals surface area contributed by atoms with Crippen molar-refractivity contribution in [3.05, 3.63) is 84.4 Å². The van der Waals surface area contributed by atoms with Gasteiger partial charge in [-0.2, -0.15) is 0 Å². The molecule has 2 heterocycles. The molecule has 0 N–H and O–H groups in total. The van der Waals surface area contributed by atoms with Crippen LogP contribution in [0.5, 0.6) is 0 Å². The molecule has 4 rings (SSSR count). The average molecular weight is 499 g/mol. The second-order valence-electron chi connectivity index (χ2n) is 9.46. The van der Waals surface area contributed by atoms with Gasteiger partial charge in [0.25, 0.3) is 0 Å². The molecule has 0 aromatic heterocycles. The molecule has 2 aliphatic rings. The van der Waals surface area contributed by atoms with Crippen LogP contribution in [0.3, 0.4) is 0 Å². The van der Waals surface area contributed by atoms with Gasteiger partial charge in [0.05, 0.1) is 25.9 Å². The van der Waals surface area contributed by atoms with E-state index >= 15 is 0 Å². The highest BCUT2D eigenvalue weighted by molar-refractivity contribution is 5.14. The maximum atomic E-state index is 6.64. The van der Waals surface area contributed by atoms with Crippen LogP contribution in [-0.4, -0.2) is 62.9 Å². The predicted molar refractivity (Wildman–Crippen MR) is 135 cm³/mol. The number of rotatable bonds is 11. The highest BCUT2D eigenvalue weighted by Crippen LogP contribution is 2.44. The quantitative estimate of drug-likeness (QED) is 0.418. The van der Waals surface area contributed by atoms with Crippen molar-refractivity contribution in [2.24, 2.45) is 0 Å². The average Bonchev–Trinajstić information content (AvgIpc) is 2.90. The van der Waals surface area contributed by atoms with Gasteiger partial charge in [0.1, 0.15) is 24.4 Å². The van der Waals surface area contributed by atoms with Crippen molar-refractivity contribution in [1.29, 1.82) is 0 Å². The maximum absolute atomic E-state index is 6.64. The number of hydrogen-bond donors (Lipinski definition) is 0. The van der Waals surface area contributed by atoms with Crippen molar-refractivity contribution in [2.75, 3.05) is 20.8 Å². The van der Waals surface area contributed by atoms with Gasteiger partial charge in [-0.1, -0.05) is 66.7 Å². The summed E-state index contributed by atoms with van der Waals surface area (Å²) in [5.74, 6) is -2.33. The standard InChI is InChI=1S/C29H38O7/c1-6-13-23-25(33-19-22-16-11-8-12-17-22)27-26(35-28(2,30-4)29(3,31-5)36-27)24(34-23)20-32-18-21-14-9-7-10-15-21/h6-12,14-17,23-27H,1,13,18-20H2,2-5H3/t23-,24+,25-,26+,27+,28-,29-/m0/s1. The van der Waals surface area contributed by atoms with Gasteiger partial charge >= 0.3 is 0 Å². The van der Waals surface area contributed by atoms with Gasteiger partial charge in [-0.25, -0.2) is 0 Å².